The van der Waals surface area contributed by atoms with Crippen LogP contribution in [0.2, 0.25) is 0 Å². The molecule has 0 bridgehead atoms. The van der Waals surface area contributed by atoms with Gasteiger partial charge in [-0.15, -0.1) is 0 Å². The number of fused-ring (bicyclic) bond motifs is 14. The predicted molar refractivity (Wildman–Crippen MR) is 275 cm³/mol. The molecule has 3 heteroatoms. The molecule has 2 nitrogen and oxygen atoms in total. The van der Waals surface area contributed by atoms with E-state index in [2.05, 4.69) is 240 Å². The number of hydrogen-bond donors (Lipinski definition) is 0. The molecule has 2 aliphatic rings. The van der Waals surface area contributed by atoms with E-state index < -0.39 is 8.07 Å². The van der Waals surface area contributed by atoms with E-state index in [9.17, 15) is 0 Å². The monoisotopic (exact) mass is 842 g/mol. The second-order valence-electron chi connectivity index (χ2n) is 17.9. The van der Waals surface area contributed by atoms with Gasteiger partial charge in [0.15, 0.2) is 8.07 Å². The van der Waals surface area contributed by atoms with Crippen LogP contribution in [0.1, 0.15) is 22.3 Å². The number of hydrogen-bond acceptors (Lipinski definition) is 0. The second kappa shape index (κ2) is 14.0. The largest absolute Gasteiger partial charge is 0.309 e. The summed E-state index contributed by atoms with van der Waals surface area (Å²) in [5.74, 6) is 0. The maximum Gasteiger partial charge on any atom is 0.179 e. The summed E-state index contributed by atoms with van der Waals surface area (Å²) in [5, 5.41) is 11.0. The molecule has 2 aliphatic carbocycles. The molecule has 2 aromatic heterocycles. The first-order valence-corrected chi connectivity index (χ1v) is 24.9. The molecular weight excluding hydrogens is 801 g/mol. The molecule has 65 heavy (non-hydrogen) atoms. The summed E-state index contributed by atoms with van der Waals surface area (Å²) in [7, 11) is -2.91. The van der Waals surface area contributed by atoms with E-state index >= 15 is 0 Å². The van der Waals surface area contributed by atoms with E-state index in [1.807, 2.05) is 0 Å². The molecule has 0 aliphatic heterocycles. The molecule has 14 rings (SSSR count). The molecule has 0 unspecified atom stereocenters. The summed E-state index contributed by atoms with van der Waals surface area (Å²) in [5.41, 5.74) is 18.5. The lowest BCUT2D eigenvalue weighted by atomic mass is 10.0. The number of para-hydroxylation sites is 4. The highest BCUT2D eigenvalue weighted by Gasteiger charge is 2.43. The summed E-state index contributed by atoms with van der Waals surface area (Å²) in [6.07, 6.45) is 1.84. The molecule has 0 radical (unpaired) electrons. The molecule has 12 aromatic rings. The van der Waals surface area contributed by atoms with Gasteiger partial charge in [-0.05, 0) is 127 Å². The van der Waals surface area contributed by atoms with Crippen molar-refractivity contribution in [2.75, 3.05) is 0 Å². The summed E-state index contributed by atoms with van der Waals surface area (Å²) in [4.78, 5) is 0. The van der Waals surface area contributed by atoms with Gasteiger partial charge < -0.3 is 9.13 Å². The van der Waals surface area contributed by atoms with Crippen molar-refractivity contribution in [1.82, 2.24) is 9.13 Å². The van der Waals surface area contributed by atoms with Gasteiger partial charge in [0, 0.05) is 32.9 Å². The summed E-state index contributed by atoms with van der Waals surface area (Å²) in [6, 6.07) is 87.1. The Morgan fingerprint density at radius 3 is 1.11 bits per heavy atom. The van der Waals surface area contributed by atoms with E-state index in [4.69, 9.17) is 0 Å². The minimum atomic E-state index is -2.91. The quantitative estimate of drug-likeness (QED) is 0.117. The molecule has 0 N–H and O–H groups in total. The first-order valence-electron chi connectivity index (χ1n) is 22.9. The normalized spacial score (nSPS) is 12.8. The molecule has 0 saturated heterocycles. The Labute approximate surface area is 378 Å². The molecule has 0 amide bonds. The SMILES string of the molecule is c1ccc(-n2c3ccccc3c3c4c(ccc32)-c2cc([Si](c3ccccc3)(c3ccccc3)c3ccc5c(c3)-c3ccc6c(c3C5)c3ccccc3n6-c3ccccc3)ccc2C4)cc1. The average Bonchev–Trinajstić information content (AvgIpc) is 4.13. The lowest BCUT2D eigenvalue weighted by Crippen LogP contribution is -2.74. The fraction of sp³-hybridized carbons (Fsp3) is 0.0323. The Morgan fingerprint density at radius 1 is 0.292 bits per heavy atom. The third kappa shape index (κ3) is 5.16. The van der Waals surface area contributed by atoms with E-state index in [0.717, 1.165) is 12.8 Å². The number of nitrogens with zero attached hydrogens (tertiary/aromatic N) is 2. The van der Waals surface area contributed by atoms with Crippen molar-refractivity contribution in [1.29, 1.82) is 0 Å². The van der Waals surface area contributed by atoms with Crippen LogP contribution < -0.4 is 20.7 Å². The van der Waals surface area contributed by atoms with Crippen LogP contribution in [0.15, 0.2) is 231 Å². The summed E-state index contributed by atoms with van der Waals surface area (Å²) < 4.78 is 4.89. The topological polar surface area (TPSA) is 9.86 Å². The smallest absolute Gasteiger partial charge is 0.179 e. The van der Waals surface area contributed by atoms with Gasteiger partial charge in [-0.2, -0.15) is 0 Å². The first kappa shape index (κ1) is 36.5. The van der Waals surface area contributed by atoms with Crippen molar-refractivity contribution in [3.63, 3.8) is 0 Å². The molecule has 0 fully saturated rings. The number of benzene rings is 10. The molecule has 304 valence electrons. The van der Waals surface area contributed by atoms with Crippen LogP contribution in [0.25, 0.3) is 77.2 Å². The van der Waals surface area contributed by atoms with Crippen molar-refractivity contribution in [3.8, 4) is 33.6 Å². The molecule has 2 heterocycles. The third-order valence-electron chi connectivity index (χ3n) is 14.7. The third-order valence-corrected chi connectivity index (χ3v) is 19.5. The maximum absolute atomic E-state index is 2.91. The van der Waals surface area contributed by atoms with Gasteiger partial charge in [0.2, 0.25) is 0 Å². The zero-order valence-electron chi connectivity index (χ0n) is 35.7. The number of rotatable bonds is 6. The summed E-state index contributed by atoms with van der Waals surface area (Å²) >= 11 is 0. The van der Waals surface area contributed by atoms with Gasteiger partial charge in [-0.25, -0.2) is 0 Å². The van der Waals surface area contributed by atoms with Crippen LogP contribution in [0.4, 0.5) is 0 Å². The highest BCUT2D eigenvalue weighted by Crippen LogP contribution is 2.46. The fourth-order valence-corrected chi connectivity index (χ4v) is 16.8. The Hall–Kier alpha value is -7.98. The second-order valence-corrected chi connectivity index (χ2v) is 21.7. The Bertz CT molecular complexity index is 3610. The van der Waals surface area contributed by atoms with E-state index in [0.29, 0.717) is 0 Å². The van der Waals surface area contributed by atoms with Crippen LogP contribution in [-0.2, 0) is 12.8 Å². The average molecular weight is 843 g/mol. The number of aromatic nitrogens is 2. The van der Waals surface area contributed by atoms with Gasteiger partial charge >= 0.3 is 0 Å². The van der Waals surface area contributed by atoms with E-state index in [1.165, 1.54) is 120 Å². The van der Waals surface area contributed by atoms with Crippen molar-refractivity contribution in [2.45, 2.75) is 12.8 Å². The van der Waals surface area contributed by atoms with Crippen LogP contribution >= 0.6 is 0 Å². The van der Waals surface area contributed by atoms with Crippen molar-refractivity contribution in [3.05, 3.63) is 253 Å². The lowest BCUT2D eigenvalue weighted by molar-refractivity contribution is 1.18. The highest BCUT2D eigenvalue weighted by atomic mass is 28.3. The van der Waals surface area contributed by atoms with Crippen LogP contribution in [-0.4, -0.2) is 17.2 Å². The van der Waals surface area contributed by atoms with Crippen molar-refractivity contribution < 1.29 is 0 Å². The maximum atomic E-state index is 2.60. The minimum absolute atomic E-state index is 0.918. The predicted octanol–water partition coefficient (Wildman–Crippen LogP) is 12.4. The molecule has 0 atom stereocenters. The molecule has 0 saturated carbocycles. The Morgan fingerprint density at radius 2 is 0.677 bits per heavy atom. The fourth-order valence-electron chi connectivity index (χ4n) is 12.0. The van der Waals surface area contributed by atoms with Crippen LogP contribution in [0.5, 0.6) is 0 Å². The van der Waals surface area contributed by atoms with E-state index in [1.54, 1.807) is 0 Å². The van der Waals surface area contributed by atoms with Gasteiger partial charge in [0.1, 0.15) is 0 Å². The van der Waals surface area contributed by atoms with E-state index in [-0.39, 0.29) is 0 Å². The van der Waals surface area contributed by atoms with Crippen LogP contribution in [0.3, 0.4) is 0 Å². The van der Waals surface area contributed by atoms with Gasteiger partial charge in [-0.1, -0.05) is 182 Å². The van der Waals surface area contributed by atoms with Crippen molar-refractivity contribution in [2.24, 2.45) is 0 Å². The van der Waals surface area contributed by atoms with Gasteiger partial charge in [-0.3, -0.25) is 0 Å². The standard InChI is InChI=1S/C62H42N2Si/c1-5-17-43(18-6-1)63-57-27-15-13-25-51(57)61-55-37-41-29-31-47(39-53(41)49(55)33-35-59(61)63)65(45-21-9-3-10-22-45,46-23-11-4-12-24-46)48-32-30-42-38-56-50(54(42)40-48)34-36-60-62(56)52-26-14-16-28-58(52)64(60)44-19-7-2-8-20-44/h1-36,39-40H,37-38H2. The highest BCUT2D eigenvalue weighted by molar-refractivity contribution is 7.20. The Balaban J connectivity index is 0.990. The lowest BCUT2D eigenvalue weighted by Gasteiger charge is -2.35. The first-order chi connectivity index (χ1) is 32.3. The molecule has 0 spiro atoms. The van der Waals surface area contributed by atoms with Crippen LogP contribution in [0, 0.1) is 0 Å². The zero-order chi connectivity index (χ0) is 42.6. The molecule has 10 aromatic carbocycles. The Kier molecular flexibility index (Phi) is 7.87. The van der Waals surface area contributed by atoms with Gasteiger partial charge in [0.05, 0.1) is 22.1 Å². The minimum Gasteiger partial charge on any atom is -0.309 e. The molecular formula is C62H42N2Si. The summed E-state index contributed by atoms with van der Waals surface area (Å²) in [6.45, 7) is 0. The van der Waals surface area contributed by atoms with Gasteiger partial charge in [0.25, 0.3) is 0 Å². The van der Waals surface area contributed by atoms with Crippen molar-refractivity contribution >= 4 is 72.4 Å². The zero-order valence-corrected chi connectivity index (χ0v) is 36.7.